The van der Waals surface area contributed by atoms with E-state index in [0.29, 0.717) is 30.1 Å². The number of nitrogens with one attached hydrogen (secondary N) is 1. The van der Waals surface area contributed by atoms with Crippen molar-refractivity contribution in [1.29, 1.82) is 0 Å². The van der Waals surface area contributed by atoms with E-state index in [9.17, 15) is 13.2 Å². The molecule has 1 saturated heterocycles. The molecule has 0 unspecified atom stereocenters. The summed E-state index contributed by atoms with van der Waals surface area (Å²) in [7, 11) is -3.68. The smallest absolute Gasteiger partial charge is 0.243 e. The van der Waals surface area contributed by atoms with Gasteiger partial charge in [-0.25, -0.2) is 8.42 Å². The van der Waals surface area contributed by atoms with Crippen molar-refractivity contribution in [1.82, 2.24) is 4.31 Å². The Morgan fingerprint density at radius 2 is 1.75 bits per heavy atom. The number of hydrogen-bond donors (Lipinski definition) is 1. The number of rotatable bonds is 4. The van der Waals surface area contributed by atoms with Crippen molar-refractivity contribution in [3.63, 3.8) is 0 Å². The monoisotopic (exact) mass is 364 g/mol. The van der Waals surface area contributed by atoms with Crippen LogP contribution < -0.4 is 5.32 Å². The molecule has 3 rings (SSSR count). The number of halogens is 1. The Labute approximate surface area is 146 Å². The lowest BCUT2D eigenvalue weighted by Gasteiger charge is -2.23. The lowest BCUT2D eigenvalue weighted by molar-refractivity contribution is -0.119. The van der Waals surface area contributed by atoms with Crippen LogP contribution >= 0.6 is 11.6 Å². The SMILES string of the molecule is O=C(Nc1ccc(Cl)cc1)[C@@H]1CCCN1S(=O)(=O)c1ccccc1. The van der Waals surface area contributed by atoms with Crippen molar-refractivity contribution in [2.45, 2.75) is 23.8 Å². The van der Waals surface area contributed by atoms with Crippen molar-refractivity contribution >= 4 is 33.2 Å². The molecule has 1 N–H and O–H groups in total. The Morgan fingerprint density at radius 3 is 2.42 bits per heavy atom. The summed E-state index contributed by atoms with van der Waals surface area (Å²) >= 11 is 5.83. The van der Waals surface area contributed by atoms with Gasteiger partial charge in [-0.15, -0.1) is 0 Å². The van der Waals surface area contributed by atoms with E-state index < -0.39 is 16.1 Å². The molecule has 1 atom stereocenters. The molecule has 126 valence electrons. The summed E-state index contributed by atoms with van der Waals surface area (Å²) in [5.74, 6) is -0.325. The molecule has 2 aromatic rings. The number of benzene rings is 2. The number of amides is 1. The molecule has 0 saturated carbocycles. The molecule has 0 bridgehead atoms. The molecular weight excluding hydrogens is 348 g/mol. The Bertz CT molecular complexity index is 823. The van der Waals surface area contributed by atoms with Gasteiger partial charge in [-0.3, -0.25) is 4.79 Å². The third-order valence-electron chi connectivity index (χ3n) is 3.97. The maximum Gasteiger partial charge on any atom is 0.243 e. The molecule has 1 aliphatic heterocycles. The maximum absolute atomic E-state index is 12.8. The lowest BCUT2D eigenvalue weighted by atomic mass is 10.2. The zero-order valence-corrected chi connectivity index (χ0v) is 14.4. The molecule has 0 aliphatic carbocycles. The summed E-state index contributed by atoms with van der Waals surface area (Å²) in [6.07, 6.45) is 1.16. The van der Waals surface area contributed by atoms with Crippen LogP contribution in [-0.4, -0.2) is 31.2 Å². The van der Waals surface area contributed by atoms with E-state index >= 15 is 0 Å². The number of carbonyl (C=O) groups is 1. The van der Waals surface area contributed by atoms with Crippen LogP contribution in [0.1, 0.15) is 12.8 Å². The zero-order valence-electron chi connectivity index (χ0n) is 12.9. The number of hydrogen-bond acceptors (Lipinski definition) is 3. The second-order valence-corrected chi connectivity index (χ2v) is 7.91. The second kappa shape index (κ2) is 6.93. The highest BCUT2D eigenvalue weighted by molar-refractivity contribution is 7.89. The molecule has 0 aromatic heterocycles. The molecule has 2 aromatic carbocycles. The fraction of sp³-hybridized carbons (Fsp3) is 0.235. The Kier molecular flexibility index (Phi) is 4.89. The van der Waals surface area contributed by atoms with Gasteiger partial charge in [-0.2, -0.15) is 4.31 Å². The third-order valence-corrected chi connectivity index (χ3v) is 6.14. The first kappa shape index (κ1) is 17.0. The van der Waals surface area contributed by atoms with Gasteiger partial charge in [0, 0.05) is 17.3 Å². The van der Waals surface area contributed by atoms with Gasteiger partial charge >= 0.3 is 0 Å². The van der Waals surface area contributed by atoms with E-state index in [-0.39, 0.29) is 10.8 Å². The van der Waals surface area contributed by atoms with Gasteiger partial charge in [0.15, 0.2) is 0 Å². The van der Waals surface area contributed by atoms with E-state index in [1.807, 2.05) is 0 Å². The van der Waals surface area contributed by atoms with Crippen LogP contribution in [0.4, 0.5) is 5.69 Å². The fourth-order valence-corrected chi connectivity index (χ4v) is 4.58. The van der Waals surface area contributed by atoms with Gasteiger partial charge in [0.05, 0.1) is 4.90 Å². The van der Waals surface area contributed by atoms with Crippen LogP contribution in [0, 0.1) is 0 Å². The minimum Gasteiger partial charge on any atom is -0.325 e. The van der Waals surface area contributed by atoms with Crippen LogP contribution in [0.2, 0.25) is 5.02 Å². The molecular formula is C17H17ClN2O3S. The van der Waals surface area contributed by atoms with Gasteiger partial charge in [-0.05, 0) is 49.2 Å². The Morgan fingerprint density at radius 1 is 1.08 bits per heavy atom. The van der Waals surface area contributed by atoms with E-state index in [0.717, 1.165) is 0 Å². The van der Waals surface area contributed by atoms with Gasteiger partial charge < -0.3 is 5.32 Å². The minimum absolute atomic E-state index is 0.205. The number of sulfonamides is 1. The number of anilines is 1. The Balaban J connectivity index is 1.80. The summed E-state index contributed by atoms with van der Waals surface area (Å²) in [4.78, 5) is 12.7. The highest BCUT2D eigenvalue weighted by Crippen LogP contribution is 2.27. The van der Waals surface area contributed by atoms with E-state index in [4.69, 9.17) is 11.6 Å². The first-order valence-corrected chi connectivity index (χ1v) is 9.43. The molecule has 24 heavy (non-hydrogen) atoms. The average Bonchev–Trinajstić information content (AvgIpc) is 3.08. The maximum atomic E-state index is 12.8. The average molecular weight is 365 g/mol. The van der Waals surface area contributed by atoms with Gasteiger partial charge in [0.1, 0.15) is 6.04 Å². The van der Waals surface area contributed by atoms with E-state index in [1.54, 1.807) is 54.6 Å². The van der Waals surface area contributed by atoms with Crippen molar-refractivity contribution in [2.24, 2.45) is 0 Å². The topological polar surface area (TPSA) is 66.5 Å². The molecule has 1 amide bonds. The highest BCUT2D eigenvalue weighted by Gasteiger charge is 2.39. The predicted molar refractivity (Wildman–Crippen MR) is 93.4 cm³/mol. The molecule has 1 heterocycles. The van der Waals surface area contributed by atoms with Crippen LogP contribution in [0.25, 0.3) is 0 Å². The van der Waals surface area contributed by atoms with E-state index in [1.165, 1.54) is 4.31 Å². The quantitative estimate of drug-likeness (QED) is 0.906. The fourth-order valence-electron chi connectivity index (χ4n) is 2.78. The van der Waals surface area contributed by atoms with Crippen LogP contribution in [-0.2, 0) is 14.8 Å². The summed E-state index contributed by atoms with van der Waals surface area (Å²) in [5, 5.41) is 3.33. The predicted octanol–water partition coefficient (Wildman–Crippen LogP) is 3.13. The normalized spacial score (nSPS) is 18.5. The second-order valence-electron chi connectivity index (χ2n) is 5.58. The minimum atomic E-state index is -3.68. The molecule has 1 aliphatic rings. The Hall–Kier alpha value is -1.89. The first-order valence-electron chi connectivity index (χ1n) is 7.62. The lowest BCUT2D eigenvalue weighted by Crippen LogP contribution is -2.43. The van der Waals surface area contributed by atoms with Crippen molar-refractivity contribution < 1.29 is 13.2 Å². The van der Waals surface area contributed by atoms with E-state index in [2.05, 4.69) is 5.32 Å². The largest absolute Gasteiger partial charge is 0.325 e. The van der Waals surface area contributed by atoms with Gasteiger partial charge in [0.2, 0.25) is 15.9 Å². The number of carbonyl (C=O) groups excluding carboxylic acids is 1. The summed E-state index contributed by atoms with van der Waals surface area (Å²) in [6.45, 7) is 0.343. The van der Waals surface area contributed by atoms with Crippen LogP contribution in [0.3, 0.4) is 0 Å². The highest BCUT2D eigenvalue weighted by atomic mass is 35.5. The zero-order chi connectivity index (χ0) is 17.2. The van der Waals surface area contributed by atoms with Crippen LogP contribution in [0.15, 0.2) is 59.5 Å². The van der Waals surface area contributed by atoms with Gasteiger partial charge in [0.25, 0.3) is 0 Å². The summed E-state index contributed by atoms with van der Waals surface area (Å²) < 4.78 is 26.8. The third kappa shape index (κ3) is 3.45. The van der Waals surface area contributed by atoms with Crippen molar-refractivity contribution in [2.75, 3.05) is 11.9 Å². The van der Waals surface area contributed by atoms with Crippen molar-refractivity contribution in [3.8, 4) is 0 Å². The summed E-state index contributed by atoms with van der Waals surface area (Å²) in [5.41, 5.74) is 0.591. The standard InChI is InChI=1S/C17H17ClN2O3S/c18-13-8-10-14(11-9-13)19-17(21)16-7-4-12-20(16)24(22,23)15-5-2-1-3-6-15/h1-3,5-6,8-11,16H,4,7,12H2,(H,19,21)/t16-/m0/s1. The molecule has 0 radical (unpaired) electrons. The summed E-state index contributed by atoms with van der Waals surface area (Å²) in [6, 6.07) is 14.2. The van der Waals surface area contributed by atoms with Crippen LogP contribution in [0.5, 0.6) is 0 Å². The molecule has 1 fully saturated rings. The molecule has 0 spiro atoms. The molecule has 5 nitrogen and oxygen atoms in total. The molecule has 7 heteroatoms. The first-order chi connectivity index (χ1) is 11.5. The number of nitrogens with zero attached hydrogens (tertiary/aromatic N) is 1. The van der Waals surface area contributed by atoms with Gasteiger partial charge in [-0.1, -0.05) is 29.8 Å². The van der Waals surface area contributed by atoms with Crippen molar-refractivity contribution in [3.05, 3.63) is 59.6 Å².